The van der Waals surface area contributed by atoms with Crippen molar-refractivity contribution >= 4 is 52.5 Å². The van der Waals surface area contributed by atoms with Crippen LogP contribution in [0, 0.1) is 0 Å². The van der Waals surface area contributed by atoms with Crippen molar-refractivity contribution in [2.75, 3.05) is 10.6 Å². The number of rotatable bonds is 10. The molecule has 0 radical (unpaired) electrons. The largest absolute Gasteiger partial charge is 0.490 e. The maximum atomic E-state index is 12.4. The minimum absolute atomic E-state index is 0.0213. The van der Waals surface area contributed by atoms with Crippen molar-refractivity contribution in [1.29, 1.82) is 0 Å². The molecule has 0 bridgehead atoms. The summed E-state index contributed by atoms with van der Waals surface area (Å²) in [6.45, 7) is 0. The molecular weight excluding hydrogens is 619 g/mol. The van der Waals surface area contributed by atoms with E-state index in [9.17, 15) is 19.5 Å². The molecule has 232 valence electrons. The number of nitrogens with one attached hydrogen (secondary N) is 3. The molecule has 4 N–H and O–H groups in total. The molecule has 1 saturated carbocycles. The summed E-state index contributed by atoms with van der Waals surface area (Å²) < 4.78 is 12.0. The van der Waals surface area contributed by atoms with Crippen LogP contribution in [0.3, 0.4) is 0 Å². The Bertz CT molecular complexity index is 1660. The lowest BCUT2D eigenvalue weighted by atomic mass is 9.93. The van der Waals surface area contributed by atoms with Gasteiger partial charge in [-0.1, -0.05) is 41.4 Å². The van der Waals surface area contributed by atoms with Crippen molar-refractivity contribution in [2.24, 2.45) is 0 Å². The average molecular weight is 650 g/mol. The van der Waals surface area contributed by atoms with Gasteiger partial charge in [-0.15, -0.1) is 0 Å². The van der Waals surface area contributed by atoms with E-state index in [0.29, 0.717) is 32.9 Å². The smallest absolute Gasteiger partial charge is 0.337 e. The summed E-state index contributed by atoms with van der Waals surface area (Å²) in [4.78, 5) is 40.5. The number of para-hydroxylation sites is 1. The second-order valence-electron chi connectivity index (χ2n) is 10.5. The zero-order chi connectivity index (χ0) is 31.8. The highest BCUT2D eigenvalue weighted by molar-refractivity contribution is 6.42. The fraction of sp³-hybridized carbons (Fsp3) is 0.212. The first kappa shape index (κ1) is 31.6. The van der Waals surface area contributed by atoms with Crippen LogP contribution < -0.4 is 25.4 Å². The Morgan fingerprint density at radius 3 is 2.27 bits per heavy atom. The number of nitrogens with zero attached hydrogens (tertiary/aromatic N) is 1. The van der Waals surface area contributed by atoms with Crippen LogP contribution in [-0.2, 0) is 11.2 Å². The normalized spacial score (nSPS) is 15.9. The van der Waals surface area contributed by atoms with Gasteiger partial charge in [-0.25, -0.2) is 14.6 Å². The van der Waals surface area contributed by atoms with Gasteiger partial charge in [-0.2, -0.15) is 0 Å². The number of hydrogen-bond acceptors (Lipinski definition) is 6. The Kier molecular flexibility index (Phi) is 10.4. The topological polar surface area (TPSA) is 139 Å². The fourth-order valence-corrected chi connectivity index (χ4v) is 5.18. The first-order valence-corrected chi connectivity index (χ1v) is 15.0. The van der Waals surface area contributed by atoms with E-state index in [4.69, 9.17) is 32.7 Å². The zero-order valence-corrected chi connectivity index (χ0v) is 25.5. The highest BCUT2D eigenvalue weighted by Gasteiger charge is 2.24. The van der Waals surface area contributed by atoms with Gasteiger partial charge in [-0.3, -0.25) is 4.79 Å². The summed E-state index contributed by atoms with van der Waals surface area (Å²) in [7, 11) is 0. The highest BCUT2D eigenvalue weighted by Crippen LogP contribution is 2.28. The molecule has 3 amide bonds. The predicted molar refractivity (Wildman–Crippen MR) is 172 cm³/mol. The molecule has 3 aromatic carbocycles. The Morgan fingerprint density at radius 2 is 1.58 bits per heavy atom. The number of benzene rings is 3. The number of carboxylic acid groups (broad SMARTS) is 1. The third-order valence-electron chi connectivity index (χ3n) is 7.13. The van der Waals surface area contributed by atoms with E-state index in [0.717, 1.165) is 31.4 Å². The van der Waals surface area contributed by atoms with Gasteiger partial charge in [0.25, 0.3) is 0 Å². The van der Waals surface area contributed by atoms with Gasteiger partial charge in [-0.05, 0) is 85.8 Å². The average Bonchev–Trinajstić information content (AvgIpc) is 3.02. The lowest BCUT2D eigenvalue weighted by Crippen LogP contribution is -2.41. The molecule has 10 nitrogen and oxygen atoms in total. The molecule has 0 aliphatic heterocycles. The molecule has 5 rings (SSSR count). The minimum Gasteiger partial charge on any atom is -0.490 e. The second-order valence-corrected chi connectivity index (χ2v) is 11.3. The summed E-state index contributed by atoms with van der Waals surface area (Å²) in [5, 5.41) is 18.5. The molecule has 1 aliphatic carbocycles. The number of carboxylic acids is 1. The fourth-order valence-electron chi connectivity index (χ4n) is 4.89. The van der Waals surface area contributed by atoms with Crippen molar-refractivity contribution in [3.05, 3.63) is 106 Å². The van der Waals surface area contributed by atoms with E-state index in [1.807, 2.05) is 12.1 Å². The molecule has 0 atom stereocenters. The first-order chi connectivity index (χ1) is 21.7. The van der Waals surface area contributed by atoms with Crippen LogP contribution in [0.4, 0.5) is 16.2 Å². The number of hydrogen-bond donors (Lipinski definition) is 4. The molecule has 0 saturated heterocycles. The van der Waals surface area contributed by atoms with Gasteiger partial charge in [0.05, 0.1) is 33.8 Å². The van der Waals surface area contributed by atoms with E-state index >= 15 is 0 Å². The molecule has 4 aromatic rings. The third-order valence-corrected chi connectivity index (χ3v) is 7.87. The Hall–Kier alpha value is -4.80. The van der Waals surface area contributed by atoms with Crippen molar-refractivity contribution in [1.82, 2.24) is 10.3 Å². The van der Waals surface area contributed by atoms with E-state index in [2.05, 4.69) is 20.9 Å². The van der Waals surface area contributed by atoms with E-state index in [1.165, 1.54) is 12.3 Å². The summed E-state index contributed by atoms with van der Waals surface area (Å²) in [5.74, 6) is 0.180. The Labute approximate surface area is 269 Å². The summed E-state index contributed by atoms with van der Waals surface area (Å²) in [6.07, 6.45) is 4.79. The second kappa shape index (κ2) is 14.8. The number of amides is 3. The minimum atomic E-state index is -1.12. The van der Waals surface area contributed by atoms with Gasteiger partial charge in [0, 0.05) is 24.0 Å². The van der Waals surface area contributed by atoms with Crippen molar-refractivity contribution < 1.29 is 29.0 Å². The summed E-state index contributed by atoms with van der Waals surface area (Å²) in [5.41, 5.74) is 1.48. The van der Waals surface area contributed by atoms with Crippen LogP contribution in [0.2, 0.25) is 10.0 Å². The number of ether oxygens (including phenoxy) is 2. The van der Waals surface area contributed by atoms with Crippen molar-refractivity contribution in [2.45, 2.75) is 44.2 Å². The lowest BCUT2D eigenvalue weighted by molar-refractivity contribution is -0.115. The van der Waals surface area contributed by atoms with Crippen LogP contribution in [0.25, 0.3) is 0 Å². The van der Waals surface area contributed by atoms with Crippen LogP contribution in [0.1, 0.15) is 41.6 Å². The van der Waals surface area contributed by atoms with Gasteiger partial charge in [0.2, 0.25) is 11.8 Å². The zero-order valence-electron chi connectivity index (χ0n) is 24.0. The van der Waals surface area contributed by atoms with Gasteiger partial charge in [0.15, 0.2) is 0 Å². The molecule has 45 heavy (non-hydrogen) atoms. The number of carbonyl (C=O) groups is 3. The molecular formula is C33H30Cl2N4O6. The molecule has 1 heterocycles. The molecule has 1 fully saturated rings. The first-order valence-electron chi connectivity index (χ1n) is 14.3. The number of aromatic carboxylic acids is 1. The van der Waals surface area contributed by atoms with E-state index < -0.39 is 5.97 Å². The van der Waals surface area contributed by atoms with Gasteiger partial charge < -0.3 is 30.5 Å². The number of halogens is 2. The standard InChI is InChI=1S/C33H30Cl2N4O6/c34-27-15-8-22(18-28(27)35)38-33(43)37-21-6-9-23(10-7-21)44-24-11-13-25(14-12-24)45-31-16-5-20(19-36-31)17-30(40)39-29-4-2-1-3-26(29)32(41)42/h1-5,8,11-16,18-19,21,23H,6-7,9-10,17H2,(H,39,40)(H,41,42)(H2,37,38,43). The van der Waals surface area contributed by atoms with Crippen molar-refractivity contribution in [3.63, 3.8) is 0 Å². The number of anilines is 2. The highest BCUT2D eigenvalue weighted by atomic mass is 35.5. The number of pyridine rings is 1. The van der Waals surface area contributed by atoms with Crippen LogP contribution in [0.5, 0.6) is 17.4 Å². The lowest BCUT2D eigenvalue weighted by Gasteiger charge is -2.29. The summed E-state index contributed by atoms with van der Waals surface area (Å²) in [6, 6.07) is 21.5. The Balaban J connectivity index is 1.04. The number of carbonyl (C=O) groups excluding carboxylic acids is 2. The number of aromatic nitrogens is 1. The molecule has 0 spiro atoms. The van der Waals surface area contributed by atoms with E-state index in [1.54, 1.807) is 60.7 Å². The van der Waals surface area contributed by atoms with Crippen LogP contribution >= 0.6 is 23.2 Å². The van der Waals surface area contributed by atoms with Gasteiger partial charge in [0.1, 0.15) is 11.5 Å². The molecule has 1 aromatic heterocycles. The Morgan fingerprint density at radius 1 is 0.844 bits per heavy atom. The predicted octanol–water partition coefficient (Wildman–Crippen LogP) is 7.57. The molecule has 0 unspecified atom stereocenters. The molecule has 1 aliphatic rings. The monoisotopic (exact) mass is 648 g/mol. The number of urea groups is 1. The van der Waals surface area contributed by atoms with Gasteiger partial charge >= 0.3 is 12.0 Å². The van der Waals surface area contributed by atoms with Crippen LogP contribution in [-0.4, -0.2) is 40.1 Å². The quantitative estimate of drug-likeness (QED) is 0.139. The third kappa shape index (κ3) is 9.10. The molecule has 12 heteroatoms. The van der Waals surface area contributed by atoms with Crippen molar-refractivity contribution in [3.8, 4) is 17.4 Å². The van der Waals surface area contributed by atoms with Crippen LogP contribution in [0.15, 0.2) is 85.1 Å². The maximum absolute atomic E-state index is 12.4. The van der Waals surface area contributed by atoms with E-state index in [-0.39, 0.29) is 41.8 Å². The summed E-state index contributed by atoms with van der Waals surface area (Å²) >= 11 is 11.9. The maximum Gasteiger partial charge on any atom is 0.337 e. The SMILES string of the molecule is O=C(Cc1ccc(Oc2ccc(OC3CCC(NC(=O)Nc4ccc(Cl)c(Cl)c4)CC3)cc2)nc1)Nc1ccccc1C(=O)O.